The summed E-state index contributed by atoms with van der Waals surface area (Å²) in [7, 11) is 0. The number of aromatic amines is 1. The van der Waals surface area contributed by atoms with Crippen LogP contribution in [0.3, 0.4) is 0 Å². The molecule has 1 amide bonds. The molecule has 1 fully saturated rings. The molecule has 0 spiro atoms. The second-order valence-corrected chi connectivity index (χ2v) is 5.75. The number of carbonyl (C=O) groups is 1. The number of carbonyl (C=O) groups excluding carboxylic acids is 1. The first-order chi connectivity index (χ1) is 10.1. The molecule has 0 aliphatic heterocycles. The number of amides is 1. The first kappa shape index (κ1) is 13.9. The van der Waals surface area contributed by atoms with Gasteiger partial charge in [-0.3, -0.25) is 9.59 Å². The highest BCUT2D eigenvalue weighted by atomic mass is 35.5. The van der Waals surface area contributed by atoms with E-state index in [0.717, 1.165) is 24.8 Å². The van der Waals surface area contributed by atoms with Gasteiger partial charge in [-0.15, -0.1) is 0 Å². The van der Waals surface area contributed by atoms with Crippen molar-refractivity contribution in [3.8, 4) is 0 Å². The van der Waals surface area contributed by atoms with Gasteiger partial charge in [-0.05, 0) is 49.1 Å². The van der Waals surface area contributed by atoms with E-state index in [1.807, 2.05) is 24.3 Å². The van der Waals surface area contributed by atoms with Crippen LogP contribution in [0.5, 0.6) is 0 Å². The molecule has 0 atom stereocenters. The largest absolute Gasteiger partial charge is 0.342 e. The highest BCUT2D eigenvalue weighted by Crippen LogP contribution is 2.41. The quantitative estimate of drug-likeness (QED) is 0.916. The van der Waals surface area contributed by atoms with Crippen LogP contribution in [0.1, 0.15) is 35.2 Å². The molecular formula is C16H15ClN2O2. The molecule has 2 aromatic rings. The number of hydrogen-bond acceptors (Lipinski definition) is 2. The maximum Gasteiger partial charge on any atom is 0.260 e. The van der Waals surface area contributed by atoms with Crippen LogP contribution >= 0.6 is 11.6 Å². The molecule has 5 heteroatoms. The van der Waals surface area contributed by atoms with Gasteiger partial charge in [-0.25, -0.2) is 0 Å². The van der Waals surface area contributed by atoms with Gasteiger partial charge < -0.3 is 10.3 Å². The fourth-order valence-corrected chi connectivity index (χ4v) is 2.80. The van der Waals surface area contributed by atoms with Crippen LogP contribution < -0.4 is 10.9 Å². The summed E-state index contributed by atoms with van der Waals surface area (Å²) in [6, 6.07) is 10.7. The van der Waals surface area contributed by atoms with Crippen molar-refractivity contribution < 1.29 is 4.79 Å². The molecule has 1 aromatic heterocycles. The van der Waals surface area contributed by atoms with Crippen LogP contribution in [0, 0.1) is 0 Å². The molecule has 1 saturated carbocycles. The van der Waals surface area contributed by atoms with Crippen molar-refractivity contribution in [3.63, 3.8) is 0 Å². The average Bonchev–Trinajstić information content (AvgIpc) is 2.44. The molecule has 0 saturated heterocycles. The number of rotatable bonds is 3. The summed E-state index contributed by atoms with van der Waals surface area (Å²) in [4.78, 5) is 26.6. The monoisotopic (exact) mass is 302 g/mol. The topological polar surface area (TPSA) is 62.0 Å². The van der Waals surface area contributed by atoms with E-state index < -0.39 is 0 Å². The first-order valence-corrected chi connectivity index (χ1v) is 7.25. The maximum atomic E-state index is 12.4. The predicted molar refractivity (Wildman–Crippen MR) is 81.5 cm³/mol. The molecule has 1 aliphatic carbocycles. The van der Waals surface area contributed by atoms with Gasteiger partial charge in [0.2, 0.25) is 0 Å². The van der Waals surface area contributed by atoms with Crippen molar-refractivity contribution in [2.24, 2.45) is 0 Å². The number of pyridine rings is 1. The van der Waals surface area contributed by atoms with Crippen molar-refractivity contribution in [1.29, 1.82) is 0 Å². The van der Waals surface area contributed by atoms with Gasteiger partial charge in [0, 0.05) is 11.2 Å². The zero-order valence-corrected chi connectivity index (χ0v) is 12.1. The number of nitrogens with one attached hydrogen (secondary N) is 2. The first-order valence-electron chi connectivity index (χ1n) is 6.87. The standard InChI is InChI=1S/C16H15ClN2O2/c17-12-6-4-11(5-7-12)16(8-2-9-16)19-15(21)13-3-1-10-18-14(13)20/h1,3-7,10H,2,8-9H2,(H,18,20)(H,19,21). The lowest BCUT2D eigenvalue weighted by molar-refractivity contribution is 0.0822. The maximum absolute atomic E-state index is 12.4. The Balaban J connectivity index is 1.88. The van der Waals surface area contributed by atoms with Crippen LogP contribution in [0.2, 0.25) is 5.02 Å². The second-order valence-electron chi connectivity index (χ2n) is 5.31. The molecule has 0 radical (unpaired) electrons. The molecule has 1 heterocycles. The van der Waals surface area contributed by atoms with Crippen molar-refractivity contribution in [2.45, 2.75) is 24.8 Å². The van der Waals surface area contributed by atoms with Gasteiger partial charge in [-0.1, -0.05) is 23.7 Å². The Labute approximate surface area is 127 Å². The van der Waals surface area contributed by atoms with E-state index in [9.17, 15) is 9.59 Å². The van der Waals surface area contributed by atoms with Crippen LogP contribution in [0.25, 0.3) is 0 Å². The van der Waals surface area contributed by atoms with Gasteiger partial charge in [0.25, 0.3) is 11.5 Å². The molecule has 2 N–H and O–H groups in total. The van der Waals surface area contributed by atoms with E-state index in [4.69, 9.17) is 11.6 Å². The normalized spacial score (nSPS) is 16.0. The minimum absolute atomic E-state index is 0.137. The lowest BCUT2D eigenvalue weighted by atomic mass is 9.71. The van der Waals surface area contributed by atoms with E-state index >= 15 is 0 Å². The minimum atomic E-state index is -0.385. The SMILES string of the molecule is O=C(NC1(c2ccc(Cl)cc2)CCC1)c1ccc[nH]c1=O. The summed E-state index contributed by atoms with van der Waals surface area (Å²) in [6.07, 6.45) is 4.29. The number of benzene rings is 1. The smallest absolute Gasteiger partial charge is 0.260 e. The molecule has 21 heavy (non-hydrogen) atoms. The fourth-order valence-electron chi connectivity index (χ4n) is 2.67. The summed E-state index contributed by atoms with van der Waals surface area (Å²) in [5.41, 5.74) is 0.404. The molecule has 108 valence electrons. The third-order valence-corrected chi connectivity index (χ3v) is 4.27. The predicted octanol–water partition coefficient (Wildman–Crippen LogP) is 2.84. The van der Waals surface area contributed by atoms with Crippen LogP contribution in [-0.2, 0) is 5.54 Å². The Hall–Kier alpha value is -2.07. The average molecular weight is 303 g/mol. The highest BCUT2D eigenvalue weighted by Gasteiger charge is 2.40. The van der Waals surface area contributed by atoms with E-state index in [1.54, 1.807) is 6.07 Å². The zero-order valence-electron chi connectivity index (χ0n) is 11.4. The molecular weight excluding hydrogens is 288 g/mol. The second kappa shape index (κ2) is 5.37. The van der Waals surface area contributed by atoms with Crippen LogP contribution in [0.4, 0.5) is 0 Å². The van der Waals surface area contributed by atoms with Crippen molar-refractivity contribution in [1.82, 2.24) is 10.3 Å². The van der Waals surface area contributed by atoms with E-state index in [0.29, 0.717) is 5.02 Å². The molecule has 3 rings (SSSR count). The molecule has 0 unspecified atom stereocenters. The van der Waals surface area contributed by atoms with Crippen molar-refractivity contribution >= 4 is 17.5 Å². The summed E-state index contributed by atoms with van der Waals surface area (Å²) < 4.78 is 0. The van der Waals surface area contributed by atoms with Crippen LogP contribution in [0.15, 0.2) is 47.4 Å². The van der Waals surface area contributed by atoms with Gasteiger partial charge in [0.1, 0.15) is 5.56 Å². The fraction of sp³-hybridized carbons (Fsp3) is 0.250. The van der Waals surface area contributed by atoms with Crippen molar-refractivity contribution in [2.75, 3.05) is 0 Å². The number of hydrogen-bond donors (Lipinski definition) is 2. The number of aromatic nitrogens is 1. The summed E-state index contributed by atoms with van der Waals surface area (Å²) in [5, 5.41) is 3.69. The lowest BCUT2D eigenvalue weighted by Crippen LogP contribution is -2.51. The van der Waals surface area contributed by atoms with Crippen molar-refractivity contribution in [3.05, 3.63) is 69.1 Å². The summed E-state index contributed by atoms with van der Waals surface area (Å²) in [6.45, 7) is 0. The Morgan fingerprint density at radius 3 is 2.48 bits per heavy atom. The Morgan fingerprint density at radius 2 is 1.90 bits per heavy atom. The Bertz CT molecular complexity index is 718. The van der Waals surface area contributed by atoms with E-state index in [1.165, 1.54) is 12.3 Å². The molecule has 0 bridgehead atoms. The molecule has 1 aliphatic rings. The summed E-state index contributed by atoms with van der Waals surface area (Å²) >= 11 is 5.91. The third kappa shape index (κ3) is 2.59. The number of H-pyrrole nitrogens is 1. The lowest BCUT2D eigenvalue weighted by Gasteiger charge is -2.43. The Kier molecular flexibility index (Phi) is 3.55. The molecule has 4 nitrogen and oxygen atoms in total. The number of halogens is 1. The highest BCUT2D eigenvalue weighted by molar-refractivity contribution is 6.30. The van der Waals surface area contributed by atoms with E-state index in [-0.39, 0.29) is 22.6 Å². The van der Waals surface area contributed by atoms with E-state index in [2.05, 4.69) is 10.3 Å². The van der Waals surface area contributed by atoms with Gasteiger partial charge in [-0.2, -0.15) is 0 Å². The van der Waals surface area contributed by atoms with Crippen LogP contribution in [-0.4, -0.2) is 10.9 Å². The summed E-state index contributed by atoms with van der Waals surface area (Å²) in [5.74, 6) is -0.341. The van der Waals surface area contributed by atoms with Gasteiger partial charge >= 0.3 is 0 Å². The molecule has 1 aromatic carbocycles. The Morgan fingerprint density at radius 1 is 1.19 bits per heavy atom. The van der Waals surface area contributed by atoms with Gasteiger partial charge in [0.15, 0.2) is 0 Å². The zero-order chi connectivity index (χ0) is 14.9. The third-order valence-electron chi connectivity index (χ3n) is 4.02. The minimum Gasteiger partial charge on any atom is -0.342 e. The van der Waals surface area contributed by atoms with Gasteiger partial charge in [0.05, 0.1) is 5.54 Å².